The van der Waals surface area contributed by atoms with Gasteiger partial charge in [0.1, 0.15) is 22.6 Å². The molecular formula is C22H13N3O3S. The van der Waals surface area contributed by atoms with E-state index in [1.165, 1.54) is 23.5 Å². The Hall–Kier alpha value is -4.02. The highest BCUT2D eigenvalue weighted by Gasteiger charge is 2.13. The zero-order valence-corrected chi connectivity index (χ0v) is 15.8. The molecule has 0 saturated heterocycles. The second kappa shape index (κ2) is 7.92. The van der Waals surface area contributed by atoms with Gasteiger partial charge in [-0.3, -0.25) is 10.1 Å². The third kappa shape index (κ3) is 3.98. The van der Waals surface area contributed by atoms with E-state index in [2.05, 4.69) is 11.1 Å². The molecule has 0 bridgehead atoms. The number of allylic oxidation sites excluding steroid dienone is 1. The molecule has 6 nitrogen and oxygen atoms in total. The van der Waals surface area contributed by atoms with E-state index < -0.39 is 4.92 Å². The molecular weight excluding hydrogens is 386 g/mol. The normalized spacial score (nSPS) is 11.2. The van der Waals surface area contributed by atoms with Gasteiger partial charge in [0.25, 0.3) is 5.69 Å². The van der Waals surface area contributed by atoms with E-state index in [1.54, 1.807) is 29.7 Å². The third-order valence-electron chi connectivity index (χ3n) is 4.18. The Morgan fingerprint density at radius 3 is 2.66 bits per heavy atom. The van der Waals surface area contributed by atoms with Gasteiger partial charge in [-0.05, 0) is 12.1 Å². The highest BCUT2D eigenvalue weighted by molar-refractivity contribution is 7.11. The van der Waals surface area contributed by atoms with E-state index in [4.69, 9.17) is 4.42 Å². The molecule has 0 N–H and O–H groups in total. The van der Waals surface area contributed by atoms with Crippen molar-refractivity contribution in [3.05, 3.63) is 93.0 Å². The maximum Gasteiger partial charge on any atom is 0.270 e. The predicted molar refractivity (Wildman–Crippen MR) is 112 cm³/mol. The first-order valence-corrected chi connectivity index (χ1v) is 9.50. The highest BCUT2D eigenvalue weighted by Crippen LogP contribution is 2.30. The average molecular weight is 399 g/mol. The van der Waals surface area contributed by atoms with E-state index in [1.807, 2.05) is 36.4 Å². The Kier molecular flexibility index (Phi) is 5.01. The van der Waals surface area contributed by atoms with Crippen molar-refractivity contribution >= 4 is 28.7 Å². The number of non-ortho nitro benzene ring substituents is 1. The van der Waals surface area contributed by atoms with Gasteiger partial charge in [0.15, 0.2) is 0 Å². The molecule has 0 radical (unpaired) electrons. The maximum absolute atomic E-state index is 11.0. The summed E-state index contributed by atoms with van der Waals surface area (Å²) in [6, 6.07) is 21.8. The Bertz CT molecular complexity index is 1250. The molecule has 0 aliphatic carbocycles. The number of aromatic nitrogens is 1. The highest BCUT2D eigenvalue weighted by atomic mass is 32.1. The molecule has 0 aliphatic rings. The first-order valence-electron chi connectivity index (χ1n) is 8.62. The molecule has 29 heavy (non-hydrogen) atoms. The minimum atomic E-state index is -0.446. The summed E-state index contributed by atoms with van der Waals surface area (Å²) in [6.07, 6.45) is 1.64. The Labute approximate surface area is 170 Å². The Morgan fingerprint density at radius 2 is 1.90 bits per heavy atom. The summed E-state index contributed by atoms with van der Waals surface area (Å²) < 4.78 is 5.83. The largest absolute Gasteiger partial charge is 0.457 e. The molecule has 7 heteroatoms. The zero-order chi connectivity index (χ0) is 20.2. The molecule has 140 valence electrons. The molecule has 0 fully saturated rings. The summed E-state index contributed by atoms with van der Waals surface area (Å²) in [5, 5.41) is 22.9. The van der Waals surface area contributed by atoms with Gasteiger partial charge in [-0.1, -0.05) is 42.5 Å². The fourth-order valence-corrected chi connectivity index (χ4v) is 3.58. The first-order chi connectivity index (χ1) is 14.1. The maximum atomic E-state index is 11.0. The van der Waals surface area contributed by atoms with Crippen LogP contribution in [0.25, 0.3) is 34.2 Å². The summed E-state index contributed by atoms with van der Waals surface area (Å²) >= 11 is 1.30. The van der Waals surface area contributed by atoms with Crippen LogP contribution in [0, 0.1) is 21.4 Å². The van der Waals surface area contributed by atoms with Crippen molar-refractivity contribution in [1.82, 2.24) is 4.98 Å². The summed E-state index contributed by atoms with van der Waals surface area (Å²) in [6.45, 7) is 0. The monoisotopic (exact) mass is 399 g/mol. The van der Waals surface area contributed by atoms with Gasteiger partial charge < -0.3 is 4.42 Å². The lowest BCUT2D eigenvalue weighted by atomic mass is 10.1. The van der Waals surface area contributed by atoms with E-state index in [9.17, 15) is 15.4 Å². The lowest BCUT2D eigenvalue weighted by Crippen LogP contribution is -1.88. The number of hydrogen-bond donors (Lipinski definition) is 0. The van der Waals surface area contributed by atoms with Crippen LogP contribution in [-0.2, 0) is 0 Å². The van der Waals surface area contributed by atoms with E-state index >= 15 is 0 Å². The molecule has 4 aromatic rings. The van der Waals surface area contributed by atoms with Crippen LogP contribution in [0.1, 0.15) is 10.8 Å². The van der Waals surface area contributed by atoms with Crippen LogP contribution in [0.4, 0.5) is 5.69 Å². The third-order valence-corrected chi connectivity index (χ3v) is 5.06. The van der Waals surface area contributed by atoms with Gasteiger partial charge in [-0.25, -0.2) is 4.98 Å². The van der Waals surface area contributed by atoms with Crippen LogP contribution < -0.4 is 0 Å². The number of nitriles is 1. The van der Waals surface area contributed by atoms with Crippen molar-refractivity contribution < 1.29 is 9.34 Å². The molecule has 0 saturated carbocycles. The second-order valence-electron chi connectivity index (χ2n) is 6.08. The van der Waals surface area contributed by atoms with Crippen molar-refractivity contribution in [3.8, 4) is 28.7 Å². The van der Waals surface area contributed by atoms with Gasteiger partial charge in [-0.15, -0.1) is 11.3 Å². The lowest BCUT2D eigenvalue weighted by Gasteiger charge is -1.97. The molecule has 2 aromatic carbocycles. The van der Waals surface area contributed by atoms with Crippen molar-refractivity contribution in [3.63, 3.8) is 0 Å². The van der Waals surface area contributed by atoms with Gasteiger partial charge in [0.05, 0.1) is 16.2 Å². The number of rotatable bonds is 5. The molecule has 0 unspecified atom stereocenters. The minimum absolute atomic E-state index is 0.00266. The molecule has 4 rings (SSSR count). The smallest absolute Gasteiger partial charge is 0.270 e. The first kappa shape index (κ1) is 18.3. The number of furan rings is 1. The van der Waals surface area contributed by atoms with Crippen molar-refractivity contribution in [2.24, 2.45) is 0 Å². The number of hydrogen-bond acceptors (Lipinski definition) is 6. The van der Waals surface area contributed by atoms with Crippen molar-refractivity contribution in [2.45, 2.75) is 0 Å². The number of nitro groups is 1. The zero-order valence-electron chi connectivity index (χ0n) is 15.0. The topological polar surface area (TPSA) is 93.0 Å². The molecule has 2 heterocycles. The number of nitrogens with zero attached hydrogens (tertiary/aromatic N) is 3. The predicted octanol–water partition coefficient (Wildman–Crippen LogP) is 6.04. The summed E-state index contributed by atoms with van der Waals surface area (Å²) in [5.41, 5.74) is 2.52. The van der Waals surface area contributed by atoms with E-state index in [-0.39, 0.29) is 5.69 Å². The standard InChI is InChI=1S/C22H13N3O3S/c23-13-17(12-19-9-10-21(28-19)15-5-2-1-3-6-15)22-24-20(14-29-22)16-7-4-8-18(11-16)25(26)27/h1-12,14H. The molecule has 0 atom stereocenters. The number of benzene rings is 2. The fraction of sp³-hybridized carbons (Fsp3) is 0. The van der Waals surface area contributed by atoms with Gasteiger partial charge in [0, 0.05) is 34.7 Å². The molecule has 0 aliphatic heterocycles. The van der Waals surface area contributed by atoms with Crippen molar-refractivity contribution in [1.29, 1.82) is 5.26 Å². The summed E-state index contributed by atoms with van der Waals surface area (Å²) in [7, 11) is 0. The minimum Gasteiger partial charge on any atom is -0.457 e. The number of nitro benzene ring substituents is 1. The molecule has 0 spiro atoms. The van der Waals surface area contributed by atoms with Crippen LogP contribution in [0.5, 0.6) is 0 Å². The Balaban J connectivity index is 1.63. The second-order valence-corrected chi connectivity index (χ2v) is 6.94. The summed E-state index contributed by atoms with van der Waals surface area (Å²) in [5.74, 6) is 1.26. The number of thiazole rings is 1. The molecule has 2 aromatic heterocycles. The van der Waals surface area contributed by atoms with Crippen LogP contribution >= 0.6 is 11.3 Å². The van der Waals surface area contributed by atoms with Crippen molar-refractivity contribution in [2.75, 3.05) is 0 Å². The van der Waals surface area contributed by atoms with Crippen LogP contribution in [0.2, 0.25) is 0 Å². The SMILES string of the molecule is N#CC(=Cc1ccc(-c2ccccc2)o1)c1nc(-c2cccc([N+](=O)[O-])c2)cs1. The van der Waals surface area contributed by atoms with Crippen LogP contribution in [-0.4, -0.2) is 9.91 Å². The van der Waals surface area contributed by atoms with Crippen LogP contribution in [0.3, 0.4) is 0 Å². The van der Waals surface area contributed by atoms with E-state index in [0.717, 1.165) is 5.56 Å². The lowest BCUT2D eigenvalue weighted by molar-refractivity contribution is -0.384. The van der Waals surface area contributed by atoms with Gasteiger partial charge >= 0.3 is 0 Å². The van der Waals surface area contributed by atoms with Gasteiger partial charge in [-0.2, -0.15) is 5.26 Å². The molecule has 0 amide bonds. The summed E-state index contributed by atoms with van der Waals surface area (Å²) in [4.78, 5) is 15.0. The van der Waals surface area contributed by atoms with Crippen LogP contribution in [0.15, 0.2) is 76.5 Å². The Morgan fingerprint density at radius 1 is 1.10 bits per heavy atom. The van der Waals surface area contributed by atoms with E-state index in [0.29, 0.717) is 33.4 Å². The average Bonchev–Trinajstić information content (AvgIpc) is 3.43. The fourth-order valence-electron chi connectivity index (χ4n) is 2.78. The quantitative estimate of drug-likeness (QED) is 0.232. The van der Waals surface area contributed by atoms with Gasteiger partial charge in [0.2, 0.25) is 0 Å².